The highest BCUT2D eigenvalue weighted by molar-refractivity contribution is 5.97. The Morgan fingerprint density at radius 3 is 2.04 bits per heavy atom. The fraction of sp³-hybridized carbons (Fsp3) is 0.500. The molecule has 0 fully saturated rings. The van der Waals surface area contributed by atoms with Gasteiger partial charge in [0, 0.05) is 5.56 Å². The Kier molecular flexibility index (Phi) is 5.80. The Labute approximate surface area is 133 Å². The van der Waals surface area contributed by atoms with Crippen LogP contribution in [-0.4, -0.2) is 30.6 Å². The van der Waals surface area contributed by atoms with Crippen molar-refractivity contribution in [1.29, 1.82) is 0 Å². The summed E-state index contributed by atoms with van der Waals surface area (Å²) in [5, 5.41) is 4.10. The van der Waals surface area contributed by atoms with Gasteiger partial charge in [-0.15, -0.1) is 0 Å². The number of hydrogen-bond donors (Lipinski definition) is 2. The molecular formula is C16H21F3N2O2. The molecule has 1 aromatic rings. The van der Waals surface area contributed by atoms with Gasteiger partial charge in [-0.2, -0.15) is 13.2 Å². The zero-order valence-electron chi connectivity index (χ0n) is 13.5. The molecule has 1 aromatic carbocycles. The number of carbonyl (C=O) groups is 2. The van der Waals surface area contributed by atoms with Gasteiger partial charge in [-0.05, 0) is 30.0 Å². The van der Waals surface area contributed by atoms with Crippen LogP contribution >= 0.6 is 0 Å². The van der Waals surface area contributed by atoms with E-state index in [2.05, 4.69) is 5.32 Å². The highest BCUT2D eigenvalue weighted by Gasteiger charge is 2.29. The molecule has 1 rings (SSSR count). The highest BCUT2D eigenvalue weighted by atomic mass is 19.4. The zero-order valence-corrected chi connectivity index (χ0v) is 13.5. The number of rotatable bonds is 4. The molecule has 128 valence electrons. The van der Waals surface area contributed by atoms with E-state index in [4.69, 9.17) is 0 Å². The summed E-state index contributed by atoms with van der Waals surface area (Å²) in [5.74, 6) is -1.40. The molecule has 0 aliphatic rings. The minimum atomic E-state index is -4.48. The van der Waals surface area contributed by atoms with Crippen LogP contribution in [0.15, 0.2) is 24.3 Å². The monoisotopic (exact) mass is 330 g/mol. The smallest absolute Gasteiger partial charge is 0.345 e. The van der Waals surface area contributed by atoms with E-state index in [1.54, 1.807) is 17.4 Å². The van der Waals surface area contributed by atoms with Gasteiger partial charge >= 0.3 is 6.18 Å². The van der Waals surface area contributed by atoms with Gasteiger partial charge in [-0.25, -0.2) is 0 Å². The first-order chi connectivity index (χ1) is 10.4. The van der Waals surface area contributed by atoms with Crippen LogP contribution in [-0.2, 0) is 10.2 Å². The minimum Gasteiger partial charge on any atom is -0.345 e. The molecule has 0 aromatic heterocycles. The van der Waals surface area contributed by atoms with Gasteiger partial charge in [0.05, 0.1) is 0 Å². The zero-order chi connectivity index (χ0) is 17.8. The standard InChI is InChI=1S/C16H21F3N2O2/c1-10(13(22)20-9-16(17,18)19)21-14(23)11-5-7-12(8-6-11)15(2,3)4/h5-8,10H,9H2,1-4H3,(H,20,22)(H,21,23). The molecule has 0 bridgehead atoms. The first-order valence-corrected chi connectivity index (χ1v) is 7.16. The van der Waals surface area contributed by atoms with E-state index in [0.29, 0.717) is 5.56 Å². The van der Waals surface area contributed by atoms with Gasteiger partial charge in [0.1, 0.15) is 12.6 Å². The quantitative estimate of drug-likeness (QED) is 0.892. The fourth-order valence-electron chi connectivity index (χ4n) is 1.81. The average molecular weight is 330 g/mol. The van der Waals surface area contributed by atoms with Crippen LogP contribution in [0, 0.1) is 0 Å². The SMILES string of the molecule is CC(NC(=O)c1ccc(C(C)(C)C)cc1)C(=O)NCC(F)(F)F. The molecule has 7 heteroatoms. The third kappa shape index (κ3) is 6.30. The van der Waals surface area contributed by atoms with Crippen LogP contribution in [0.5, 0.6) is 0 Å². The molecule has 2 N–H and O–H groups in total. The lowest BCUT2D eigenvalue weighted by molar-refractivity contribution is -0.139. The van der Waals surface area contributed by atoms with Gasteiger partial charge in [0.15, 0.2) is 0 Å². The molecular weight excluding hydrogens is 309 g/mol. The molecule has 4 nitrogen and oxygen atoms in total. The first-order valence-electron chi connectivity index (χ1n) is 7.16. The summed E-state index contributed by atoms with van der Waals surface area (Å²) in [6, 6.07) is 5.80. The lowest BCUT2D eigenvalue weighted by Gasteiger charge is -2.19. The average Bonchev–Trinajstić information content (AvgIpc) is 2.43. The lowest BCUT2D eigenvalue weighted by Crippen LogP contribution is -2.47. The van der Waals surface area contributed by atoms with Gasteiger partial charge in [0.25, 0.3) is 5.91 Å². The normalized spacial score (nSPS) is 13.3. The molecule has 1 atom stereocenters. The molecule has 0 spiro atoms. The largest absolute Gasteiger partial charge is 0.405 e. The summed E-state index contributed by atoms with van der Waals surface area (Å²) in [6.45, 7) is 6.01. The number of hydrogen-bond acceptors (Lipinski definition) is 2. The summed E-state index contributed by atoms with van der Waals surface area (Å²) in [4.78, 5) is 23.5. The van der Waals surface area contributed by atoms with Gasteiger partial charge in [0.2, 0.25) is 5.91 Å². The number of carbonyl (C=O) groups excluding carboxylic acids is 2. The van der Waals surface area contributed by atoms with Crippen LogP contribution in [0.25, 0.3) is 0 Å². The maximum Gasteiger partial charge on any atom is 0.405 e. The van der Waals surface area contributed by atoms with Crippen molar-refractivity contribution in [2.45, 2.75) is 45.3 Å². The molecule has 2 amide bonds. The first kappa shape index (κ1) is 19.0. The topological polar surface area (TPSA) is 58.2 Å². The Bertz CT molecular complexity index is 560. The van der Waals surface area contributed by atoms with Gasteiger partial charge < -0.3 is 10.6 Å². The predicted octanol–water partition coefficient (Wildman–Crippen LogP) is 2.78. The van der Waals surface area contributed by atoms with Crippen LogP contribution in [0.4, 0.5) is 13.2 Å². The second-order valence-electron chi connectivity index (χ2n) is 6.36. The molecule has 0 aliphatic carbocycles. The van der Waals surface area contributed by atoms with E-state index < -0.39 is 30.6 Å². The number of halogens is 3. The molecule has 0 radical (unpaired) electrons. The van der Waals surface area contributed by atoms with Crippen molar-refractivity contribution in [1.82, 2.24) is 10.6 Å². The number of alkyl halides is 3. The molecule has 0 aliphatic heterocycles. The Hall–Kier alpha value is -2.05. The van der Waals surface area contributed by atoms with Gasteiger partial charge in [-0.1, -0.05) is 32.9 Å². The summed E-state index contributed by atoms with van der Waals surface area (Å²) >= 11 is 0. The van der Waals surface area contributed by atoms with Crippen molar-refractivity contribution in [3.63, 3.8) is 0 Å². The third-order valence-corrected chi connectivity index (χ3v) is 3.22. The van der Waals surface area contributed by atoms with Crippen LogP contribution in [0.3, 0.4) is 0 Å². The van der Waals surface area contributed by atoms with Crippen molar-refractivity contribution < 1.29 is 22.8 Å². The van der Waals surface area contributed by atoms with E-state index in [0.717, 1.165) is 5.56 Å². The summed E-state index contributed by atoms with van der Waals surface area (Å²) in [7, 11) is 0. The maximum atomic E-state index is 12.0. The van der Waals surface area contributed by atoms with E-state index in [-0.39, 0.29) is 5.41 Å². The van der Waals surface area contributed by atoms with E-state index in [9.17, 15) is 22.8 Å². The van der Waals surface area contributed by atoms with Gasteiger partial charge in [-0.3, -0.25) is 9.59 Å². The predicted molar refractivity (Wildman–Crippen MR) is 81.1 cm³/mol. The van der Waals surface area contributed by atoms with Crippen LogP contribution in [0.2, 0.25) is 0 Å². The maximum absolute atomic E-state index is 12.0. The van der Waals surface area contributed by atoms with Crippen molar-refractivity contribution >= 4 is 11.8 Å². The molecule has 0 saturated carbocycles. The van der Waals surface area contributed by atoms with Crippen molar-refractivity contribution in [3.8, 4) is 0 Å². The van der Waals surface area contributed by atoms with Crippen LogP contribution < -0.4 is 10.6 Å². The Morgan fingerprint density at radius 2 is 1.61 bits per heavy atom. The second kappa shape index (κ2) is 7.02. The second-order valence-corrected chi connectivity index (χ2v) is 6.36. The minimum absolute atomic E-state index is 0.0558. The molecule has 23 heavy (non-hydrogen) atoms. The van der Waals surface area contributed by atoms with E-state index >= 15 is 0 Å². The third-order valence-electron chi connectivity index (χ3n) is 3.22. The number of nitrogens with one attached hydrogen (secondary N) is 2. The fourth-order valence-corrected chi connectivity index (χ4v) is 1.81. The summed E-state index contributed by atoms with van der Waals surface area (Å²) in [5.41, 5.74) is 1.33. The number of benzene rings is 1. The van der Waals surface area contributed by atoms with E-state index in [1.165, 1.54) is 6.92 Å². The lowest BCUT2D eigenvalue weighted by atomic mass is 9.86. The van der Waals surface area contributed by atoms with Crippen LogP contribution in [0.1, 0.15) is 43.6 Å². The highest BCUT2D eigenvalue weighted by Crippen LogP contribution is 2.22. The van der Waals surface area contributed by atoms with Crippen molar-refractivity contribution in [2.24, 2.45) is 0 Å². The molecule has 0 saturated heterocycles. The molecule has 0 heterocycles. The Balaban J connectivity index is 2.63. The van der Waals surface area contributed by atoms with E-state index in [1.807, 2.05) is 32.9 Å². The summed E-state index contributed by atoms with van der Waals surface area (Å²) in [6.07, 6.45) is -4.48. The molecule has 1 unspecified atom stereocenters. The summed E-state index contributed by atoms with van der Waals surface area (Å²) < 4.78 is 36.1. The number of amides is 2. The van der Waals surface area contributed by atoms with Crippen molar-refractivity contribution in [3.05, 3.63) is 35.4 Å². The Morgan fingerprint density at radius 1 is 1.09 bits per heavy atom. The van der Waals surface area contributed by atoms with Crippen molar-refractivity contribution in [2.75, 3.05) is 6.54 Å².